The van der Waals surface area contributed by atoms with E-state index in [4.69, 9.17) is 11.5 Å². The van der Waals surface area contributed by atoms with Gasteiger partial charge in [0.2, 0.25) is 0 Å². The molecule has 0 aromatic rings. The Balaban J connectivity index is 3.37. The Hall–Kier alpha value is -0.220. The third-order valence-electron chi connectivity index (χ3n) is 1.72. The van der Waals surface area contributed by atoms with E-state index in [-0.39, 0.29) is 6.04 Å². The van der Waals surface area contributed by atoms with Gasteiger partial charge in [-0.2, -0.15) is 0 Å². The van der Waals surface area contributed by atoms with Crippen molar-refractivity contribution < 1.29 is 8.78 Å². The highest BCUT2D eigenvalue weighted by Gasteiger charge is 2.15. The number of nitrogens with two attached hydrogens (primary N) is 2. The van der Waals surface area contributed by atoms with Gasteiger partial charge in [0.25, 0.3) is 6.43 Å². The number of rotatable bonds is 5. The Morgan fingerprint density at radius 2 is 1.73 bits per heavy atom. The van der Waals surface area contributed by atoms with E-state index in [0.29, 0.717) is 12.8 Å². The van der Waals surface area contributed by atoms with Crippen LogP contribution in [-0.4, -0.2) is 18.5 Å². The monoisotopic (exact) mass is 166 g/mol. The van der Waals surface area contributed by atoms with Crippen molar-refractivity contribution in [2.45, 2.75) is 44.7 Å². The Morgan fingerprint density at radius 3 is 2.09 bits per heavy atom. The van der Waals surface area contributed by atoms with Crippen LogP contribution < -0.4 is 11.5 Å². The van der Waals surface area contributed by atoms with Crippen LogP contribution in [-0.2, 0) is 0 Å². The minimum Gasteiger partial charge on any atom is -0.328 e. The van der Waals surface area contributed by atoms with Gasteiger partial charge in [-0.25, -0.2) is 8.78 Å². The second-order valence-electron chi connectivity index (χ2n) is 2.74. The molecule has 0 aliphatic heterocycles. The van der Waals surface area contributed by atoms with Crippen molar-refractivity contribution in [3.63, 3.8) is 0 Å². The molecule has 4 N–H and O–H groups in total. The summed E-state index contributed by atoms with van der Waals surface area (Å²) < 4.78 is 23.6. The fourth-order valence-electron chi connectivity index (χ4n) is 0.737. The van der Waals surface area contributed by atoms with Gasteiger partial charge in [0.05, 0.1) is 6.04 Å². The number of hydrogen-bond donors (Lipinski definition) is 2. The van der Waals surface area contributed by atoms with E-state index in [2.05, 4.69) is 0 Å². The standard InChI is InChI=1S/C7H16F2N2/c1-2-5(10)3-4-6(11)7(8)9/h5-7H,2-4,10-11H2,1H3. The van der Waals surface area contributed by atoms with Gasteiger partial charge in [-0.1, -0.05) is 6.92 Å². The topological polar surface area (TPSA) is 52.0 Å². The maximum atomic E-state index is 11.8. The molecule has 11 heavy (non-hydrogen) atoms. The molecule has 2 atom stereocenters. The molecule has 4 heteroatoms. The average molecular weight is 166 g/mol. The predicted molar refractivity (Wildman–Crippen MR) is 41.5 cm³/mol. The van der Waals surface area contributed by atoms with Crippen LogP contribution in [0.4, 0.5) is 8.78 Å². The SMILES string of the molecule is CCC(N)CCC(N)C(F)F. The van der Waals surface area contributed by atoms with Crippen LogP contribution in [0.1, 0.15) is 26.2 Å². The van der Waals surface area contributed by atoms with Gasteiger partial charge in [-0.3, -0.25) is 0 Å². The lowest BCUT2D eigenvalue weighted by atomic mass is 10.1. The molecule has 2 nitrogen and oxygen atoms in total. The van der Waals surface area contributed by atoms with Crippen molar-refractivity contribution in [1.82, 2.24) is 0 Å². The van der Waals surface area contributed by atoms with Crippen LogP contribution in [0.5, 0.6) is 0 Å². The quantitative estimate of drug-likeness (QED) is 0.642. The Labute approximate surface area is 65.9 Å². The largest absolute Gasteiger partial charge is 0.328 e. The zero-order valence-corrected chi connectivity index (χ0v) is 6.76. The van der Waals surface area contributed by atoms with Crippen LogP contribution in [0.15, 0.2) is 0 Å². The van der Waals surface area contributed by atoms with Gasteiger partial charge in [-0.05, 0) is 19.3 Å². The van der Waals surface area contributed by atoms with Crippen molar-refractivity contribution in [2.24, 2.45) is 11.5 Å². The molecule has 0 spiro atoms. The molecular formula is C7H16F2N2. The van der Waals surface area contributed by atoms with Crippen LogP contribution in [0.2, 0.25) is 0 Å². The van der Waals surface area contributed by atoms with E-state index < -0.39 is 12.5 Å². The third kappa shape index (κ3) is 5.09. The van der Waals surface area contributed by atoms with E-state index in [1.165, 1.54) is 0 Å². The molecule has 0 saturated heterocycles. The van der Waals surface area contributed by atoms with Gasteiger partial charge in [0.15, 0.2) is 0 Å². The first-order chi connectivity index (χ1) is 5.07. The van der Waals surface area contributed by atoms with E-state index in [0.717, 1.165) is 6.42 Å². The highest BCUT2D eigenvalue weighted by Crippen LogP contribution is 2.07. The molecule has 68 valence electrons. The zero-order valence-electron chi connectivity index (χ0n) is 6.76. The minimum atomic E-state index is -2.42. The first kappa shape index (κ1) is 10.8. The van der Waals surface area contributed by atoms with Crippen LogP contribution >= 0.6 is 0 Å². The normalized spacial score (nSPS) is 16.9. The smallest absolute Gasteiger partial charge is 0.253 e. The number of halogens is 2. The predicted octanol–water partition coefficient (Wildman–Crippen LogP) is 1.10. The molecule has 0 fully saturated rings. The summed E-state index contributed by atoms with van der Waals surface area (Å²) in [6.07, 6.45) is -0.705. The van der Waals surface area contributed by atoms with Crippen molar-refractivity contribution >= 4 is 0 Å². The Morgan fingerprint density at radius 1 is 1.18 bits per heavy atom. The van der Waals surface area contributed by atoms with Crippen molar-refractivity contribution in [3.8, 4) is 0 Å². The highest BCUT2D eigenvalue weighted by molar-refractivity contribution is 4.67. The van der Waals surface area contributed by atoms with Gasteiger partial charge < -0.3 is 11.5 Å². The van der Waals surface area contributed by atoms with Crippen molar-refractivity contribution in [3.05, 3.63) is 0 Å². The lowest BCUT2D eigenvalue weighted by molar-refractivity contribution is 0.110. The second kappa shape index (κ2) is 5.43. The maximum Gasteiger partial charge on any atom is 0.253 e. The highest BCUT2D eigenvalue weighted by atomic mass is 19.3. The minimum absolute atomic E-state index is 0.0137. The van der Waals surface area contributed by atoms with Gasteiger partial charge in [0, 0.05) is 6.04 Å². The van der Waals surface area contributed by atoms with E-state index in [1.807, 2.05) is 6.92 Å². The first-order valence-electron chi connectivity index (χ1n) is 3.87. The first-order valence-corrected chi connectivity index (χ1v) is 3.87. The molecule has 0 aromatic carbocycles. The van der Waals surface area contributed by atoms with Crippen molar-refractivity contribution in [1.29, 1.82) is 0 Å². The molecular weight excluding hydrogens is 150 g/mol. The molecule has 0 amide bonds. The Bertz CT molecular complexity index is 98.4. The summed E-state index contributed by atoms with van der Waals surface area (Å²) in [4.78, 5) is 0. The second-order valence-corrected chi connectivity index (χ2v) is 2.74. The van der Waals surface area contributed by atoms with Gasteiger partial charge >= 0.3 is 0 Å². The summed E-state index contributed by atoms with van der Waals surface area (Å²) in [5.74, 6) is 0. The summed E-state index contributed by atoms with van der Waals surface area (Å²) in [6, 6.07) is -0.993. The number of hydrogen-bond acceptors (Lipinski definition) is 2. The third-order valence-corrected chi connectivity index (χ3v) is 1.72. The van der Waals surface area contributed by atoms with Gasteiger partial charge in [-0.15, -0.1) is 0 Å². The molecule has 0 aliphatic rings. The molecule has 2 unspecified atom stereocenters. The summed E-state index contributed by atoms with van der Waals surface area (Å²) >= 11 is 0. The molecule has 0 aliphatic carbocycles. The fourth-order valence-corrected chi connectivity index (χ4v) is 0.737. The summed E-state index contributed by atoms with van der Waals surface area (Å²) in [5.41, 5.74) is 10.6. The molecule has 0 bridgehead atoms. The fraction of sp³-hybridized carbons (Fsp3) is 1.00. The number of alkyl halides is 2. The van der Waals surface area contributed by atoms with Crippen molar-refractivity contribution in [2.75, 3.05) is 0 Å². The lowest BCUT2D eigenvalue weighted by Gasteiger charge is -2.12. The summed E-state index contributed by atoms with van der Waals surface area (Å²) in [5, 5.41) is 0. The van der Waals surface area contributed by atoms with Crippen LogP contribution in [0.3, 0.4) is 0 Å². The van der Waals surface area contributed by atoms with E-state index in [1.54, 1.807) is 0 Å². The summed E-state index contributed by atoms with van der Waals surface area (Å²) in [7, 11) is 0. The Kier molecular flexibility index (Phi) is 5.32. The zero-order chi connectivity index (χ0) is 8.85. The lowest BCUT2D eigenvalue weighted by Crippen LogP contribution is -2.31. The molecule has 0 saturated carbocycles. The average Bonchev–Trinajstić information content (AvgIpc) is 1.99. The molecule has 0 heterocycles. The van der Waals surface area contributed by atoms with Crippen LogP contribution in [0, 0.1) is 0 Å². The molecule has 0 aromatic heterocycles. The molecule has 0 radical (unpaired) electrons. The molecule has 0 rings (SSSR count). The maximum absolute atomic E-state index is 11.8. The van der Waals surface area contributed by atoms with E-state index in [9.17, 15) is 8.78 Å². The summed E-state index contributed by atoms with van der Waals surface area (Å²) in [6.45, 7) is 1.93. The van der Waals surface area contributed by atoms with E-state index >= 15 is 0 Å². The van der Waals surface area contributed by atoms with Crippen LogP contribution in [0.25, 0.3) is 0 Å². The van der Waals surface area contributed by atoms with Gasteiger partial charge in [0.1, 0.15) is 0 Å².